The number of hydrogen-bond donors (Lipinski definition) is 1. The summed E-state index contributed by atoms with van der Waals surface area (Å²) < 4.78 is 52.3. The van der Waals surface area contributed by atoms with Crippen LogP contribution in [-0.4, -0.2) is 20.9 Å². The fourth-order valence-corrected chi connectivity index (χ4v) is 6.32. The number of amides is 1. The molecule has 0 saturated carbocycles. The first-order valence-electron chi connectivity index (χ1n) is 7.43. The lowest BCUT2D eigenvalue weighted by molar-refractivity contribution is 0.0953. The first-order valence-corrected chi connectivity index (χ1v) is 10.7. The summed E-state index contributed by atoms with van der Waals surface area (Å²) in [5, 5.41) is 4.96. The number of rotatable bonds is 6. The van der Waals surface area contributed by atoms with Crippen LogP contribution in [-0.2, 0) is 9.84 Å². The van der Waals surface area contributed by atoms with Crippen molar-refractivity contribution in [3.8, 4) is 0 Å². The Hall–Kier alpha value is -2.10. The Kier molecular flexibility index (Phi) is 5.49. The Balaban J connectivity index is 1.83. The van der Waals surface area contributed by atoms with Gasteiger partial charge in [-0.3, -0.25) is 4.79 Å². The first-order chi connectivity index (χ1) is 12.4. The molecule has 1 atom stereocenters. The molecule has 2 aromatic heterocycles. The number of carbonyl (C=O) groups is 1. The van der Waals surface area contributed by atoms with E-state index in [1.165, 1.54) is 17.4 Å². The van der Waals surface area contributed by atoms with E-state index in [-0.39, 0.29) is 16.3 Å². The number of nitrogens with one attached hydrogen (secondary N) is 1. The van der Waals surface area contributed by atoms with E-state index in [0.29, 0.717) is 4.88 Å². The molecule has 0 fully saturated rings. The van der Waals surface area contributed by atoms with E-state index in [1.807, 2.05) is 0 Å². The molecule has 0 bridgehead atoms. The summed E-state index contributed by atoms with van der Waals surface area (Å²) in [6.07, 6.45) is 0. The predicted molar refractivity (Wildman–Crippen MR) is 97.3 cm³/mol. The third-order valence-corrected chi connectivity index (χ3v) is 8.29. The molecular weight excluding hydrogens is 400 g/mol. The minimum atomic E-state index is -3.69. The maximum Gasteiger partial charge on any atom is 0.251 e. The normalized spacial score (nSPS) is 12.7. The average molecular weight is 413 g/mol. The van der Waals surface area contributed by atoms with Crippen molar-refractivity contribution in [3.63, 3.8) is 0 Å². The Morgan fingerprint density at radius 1 is 1.04 bits per heavy atom. The van der Waals surface area contributed by atoms with E-state index < -0.39 is 32.6 Å². The van der Waals surface area contributed by atoms with Crippen molar-refractivity contribution in [2.24, 2.45) is 0 Å². The topological polar surface area (TPSA) is 63.2 Å². The fraction of sp³-hybridized carbons (Fsp3) is 0.118. The minimum absolute atomic E-state index is 0.0812. The maximum absolute atomic E-state index is 13.3. The van der Waals surface area contributed by atoms with Crippen LogP contribution in [0.2, 0.25) is 0 Å². The van der Waals surface area contributed by atoms with Crippen LogP contribution >= 0.6 is 22.7 Å². The van der Waals surface area contributed by atoms with Gasteiger partial charge in [0.2, 0.25) is 0 Å². The molecule has 2 heterocycles. The average Bonchev–Trinajstić information content (AvgIpc) is 3.30. The monoisotopic (exact) mass is 413 g/mol. The third-order valence-electron chi connectivity index (χ3n) is 3.64. The quantitative estimate of drug-likeness (QED) is 0.664. The molecule has 136 valence electrons. The molecule has 0 unspecified atom stereocenters. The van der Waals surface area contributed by atoms with Gasteiger partial charge in [0.1, 0.15) is 9.46 Å². The first kappa shape index (κ1) is 18.7. The molecule has 1 N–H and O–H groups in total. The number of thiophene rings is 2. The van der Waals surface area contributed by atoms with Crippen molar-refractivity contribution < 1.29 is 22.0 Å². The Labute approximate surface area is 157 Å². The van der Waals surface area contributed by atoms with E-state index in [9.17, 15) is 22.0 Å². The second kappa shape index (κ2) is 7.65. The highest BCUT2D eigenvalue weighted by molar-refractivity contribution is 7.93. The van der Waals surface area contributed by atoms with Crippen molar-refractivity contribution in [3.05, 3.63) is 75.3 Å². The highest BCUT2D eigenvalue weighted by Crippen LogP contribution is 2.33. The molecule has 4 nitrogen and oxygen atoms in total. The van der Waals surface area contributed by atoms with Crippen LogP contribution in [0.15, 0.2) is 57.4 Å². The minimum Gasteiger partial charge on any atom is -0.350 e. The van der Waals surface area contributed by atoms with E-state index in [1.54, 1.807) is 29.0 Å². The summed E-state index contributed by atoms with van der Waals surface area (Å²) >= 11 is 2.37. The van der Waals surface area contributed by atoms with Crippen LogP contribution in [0.5, 0.6) is 0 Å². The summed E-state index contributed by atoms with van der Waals surface area (Å²) in [6.45, 7) is -0.182. The van der Waals surface area contributed by atoms with Gasteiger partial charge < -0.3 is 5.32 Å². The number of sulfone groups is 1. The van der Waals surface area contributed by atoms with Gasteiger partial charge in [-0.2, -0.15) is 0 Å². The largest absolute Gasteiger partial charge is 0.350 e. The number of benzene rings is 1. The Morgan fingerprint density at radius 3 is 2.38 bits per heavy atom. The second-order valence-corrected chi connectivity index (χ2v) is 9.60. The Morgan fingerprint density at radius 2 is 1.77 bits per heavy atom. The van der Waals surface area contributed by atoms with Crippen LogP contribution in [0.1, 0.15) is 20.5 Å². The SMILES string of the molecule is O=C(NC[C@@H](c1cccs1)S(=O)(=O)c1cccs1)c1ccc(F)c(F)c1. The highest BCUT2D eigenvalue weighted by Gasteiger charge is 2.31. The Bertz CT molecular complexity index is 1000. The van der Waals surface area contributed by atoms with E-state index >= 15 is 0 Å². The van der Waals surface area contributed by atoms with Crippen molar-refractivity contribution in [2.75, 3.05) is 6.54 Å². The van der Waals surface area contributed by atoms with Crippen molar-refractivity contribution >= 4 is 38.4 Å². The van der Waals surface area contributed by atoms with Gasteiger partial charge in [-0.15, -0.1) is 22.7 Å². The van der Waals surface area contributed by atoms with E-state index in [0.717, 1.165) is 29.5 Å². The molecule has 1 amide bonds. The highest BCUT2D eigenvalue weighted by atomic mass is 32.2. The molecule has 0 aliphatic carbocycles. The van der Waals surface area contributed by atoms with Gasteiger partial charge in [0.05, 0.1) is 0 Å². The van der Waals surface area contributed by atoms with Crippen molar-refractivity contribution in [2.45, 2.75) is 9.46 Å². The molecule has 3 rings (SSSR count). The van der Waals surface area contributed by atoms with Gasteiger partial charge in [0.15, 0.2) is 21.5 Å². The zero-order valence-electron chi connectivity index (χ0n) is 13.2. The maximum atomic E-state index is 13.3. The molecule has 3 aromatic rings. The van der Waals surface area contributed by atoms with Crippen LogP contribution in [0.25, 0.3) is 0 Å². The third kappa shape index (κ3) is 3.84. The van der Waals surface area contributed by atoms with Crippen LogP contribution in [0.4, 0.5) is 8.78 Å². The summed E-state index contributed by atoms with van der Waals surface area (Å²) in [6, 6.07) is 9.34. The van der Waals surface area contributed by atoms with Gasteiger partial charge in [0.25, 0.3) is 5.91 Å². The molecule has 0 spiro atoms. The smallest absolute Gasteiger partial charge is 0.251 e. The molecule has 1 aromatic carbocycles. The number of hydrogen-bond acceptors (Lipinski definition) is 5. The van der Waals surface area contributed by atoms with Gasteiger partial charge in [-0.1, -0.05) is 12.1 Å². The number of halogens is 2. The molecule has 0 aliphatic rings. The van der Waals surface area contributed by atoms with E-state index in [4.69, 9.17) is 0 Å². The van der Waals surface area contributed by atoms with Crippen molar-refractivity contribution in [1.82, 2.24) is 5.32 Å². The summed E-state index contributed by atoms with van der Waals surface area (Å²) in [7, 11) is -3.69. The molecule has 0 radical (unpaired) electrons. The van der Waals surface area contributed by atoms with Crippen LogP contribution in [0, 0.1) is 11.6 Å². The molecular formula is C17H13F2NO3S3. The summed E-state index contributed by atoms with van der Waals surface area (Å²) in [5.74, 6) is -2.87. The lowest BCUT2D eigenvalue weighted by Crippen LogP contribution is -2.31. The van der Waals surface area contributed by atoms with Crippen molar-refractivity contribution in [1.29, 1.82) is 0 Å². The van der Waals surface area contributed by atoms with E-state index in [2.05, 4.69) is 5.32 Å². The lowest BCUT2D eigenvalue weighted by atomic mass is 10.2. The standard InChI is InChI=1S/C17H13F2NO3S3/c18-12-6-5-11(9-13(12)19)17(21)20-10-15(14-3-1-7-24-14)26(22,23)16-4-2-8-25-16/h1-9,15H,10H2,(H,20,21)/t15-/m0/s1. The van der Waals surface area contributed by atoms with Crippen LogP contribution < -0.4 is 5.32 Å². The molecule has 0 aliphatic heterocycles. The van der Waals surface area contributed by atoms with Crippen LogP contribution in [0.3, 0.4) is 0 Å². The summed E-state index contributed by atoms with van der Waals surface area (Å²) in [5.41, 5.74) is -0.0812. The lowest BCUT2D eigenvalue weighted by Gasteiger charge is -2.16. The fourth-order valence-electron chi connectivity index (χ4n) is 2.33. The molecule has 9 heteroatoms. The van der Waals surface area contributed by atoms with Gasteiger partial charge >= 0.3 is 0 Å². The predicted octanol–water partition coefficient (Wildman–Crippen LogP) is 4.03. The zero-order valence-corrected chi connectivity index (χ0v) is 15.6. The van der Waals surface area contributed by atoms with Gasteiger partial charge in [0, 0.05) is 17.0 Å². The second-order valence-electron chi connectivity index (χ2n) is 5.32. The number of carbonyl (C=O) groups excluding carboxylic acids is 1. The van der Waals surface area contributed by atoms with Gasteiger partial charge in [-0.25, -0.2) is 17.2 Å². The summed E-state index contributed by atoms with van der Waals surface area (Å²) in [4.78, 5) is 12.8. The molecule has 0 saturated heterocycles. The zero-order chi connectivity index (χ0) is 18.7. The molecule has 26 heavy (non-hydrogen) atoms. The van der Waals surface area contributed by atoms with Gasteiger partial charge in [-0.05, 0) is 41.1 Å².